The number of aliphatic imine (C=N–C) groups is 1. The monoisotopic (exact) mass is 299 g/mol. The molecular weight excluding hydrogens is 282 g/mol. The van der Waals surface area contributed by atoms with E-state index in [0.29, 0.717) is 31.2 Å². The maximum absolute atomic E-state index is 11.8. The Hall–Kier alpha value is -2.47. The third-order valence-corrected chi connectivity index (χ3v) is 3.44. The molecule has 6 nitrogen and oxygen atoms in total. The molecule has 0 aliphatic carbocycles. The van der Waals surface area contributed by atoms with Gasteiger partial charge in [-0.1, -0.05) is 30.3 Å². The number of H-pyrrole nitrogens is 1. The van der Waals surface area contributed by atoms with E-state index in [0.717, 1.165) is 5.56 Å². The third kappa shape index (κ3) is 3.59. The molecule has 0 amide bonds. The number of hydrogen-bond donors (Lipinski definition) is 1. The number of aromatic amines is 1. The van der Waals surface area contributed by atoms with E-state index in [9.17, 15) is 4.79 Å². The van der Waals surface area contributed by atoms with Crippen molar-refractivity contribution in [1.29, 1.82) is 0 Å². The topological polar surface area (TPSA) is 76.6 Å². The average Bonchev–Trinajstić information content (AvgIpc) is 3.19. The number of rotatable bonds is 6. The van der Waals surface area contributed by atoms with Crippen LogP contribution in [0.4, 0.5) is 5.82 Å². The number of cyclic esters (lactones) is 1. The second kappa shape index (κ2) is 7.00. The molecule has 1 atom stereocenters. The zero-order valence-electron chi connectivity index (χ0n) is 12.1. The summed E-state index contributed by atoms with van der Waals surface area (Å²) in [5.74, 6) is -0.0388. The SMILES string of the molecule is O=C1OCCC1/C(COCc1ccccc1)=N/c1cc[nH]n1. The molecule has 6 heteroatoms. The standard InChI is InChI=1S/C16H17N3O3/c20-16-13(7-9-22-16)14(18-15-6-8-17-19-15)11-21-10-12-4-2-1-3-5-12/h1-6,8,13H,7,9-11H2,(H,17,19)/b18-14+. The Kier molecular flexibility index (Phi) is 4.60. The zero-order chi connectivity index (χ0) is 15.2. The molecule has 1 aliphatic rings. The highest BCUT2D eigenvalue weighted by Crippen LogP contribution is 2.19. The fourth-order valence-electron chi connectivity index (χ4n) is 2.32. The number of esters is 1. The average molecular weight is 299 g/mol. The fourth-order valence-corrected chi connectivity index (χ4v) is 2.32. The van der Waals surface area contributed by atoms with Crippen molar-refractivity contribution in [3.05, 3.63) is 48.2 Å². The van der Waals surface area contributed by atoms with E-state index in [4.69, 9.17) is 9.47 Å². The van der Waals surface area contributed by atoms with Gasteiger partial charge >= 0.3 is 5.97 Å². The lowest BCUT2D eigenvalue weighted by Crippen LogP contribution is -2.24. The molecule has 0 bridgehead atoms. The summed E-state index contributed by atoms with van der Waals surface area (Å²) in [5, 5.41) is 6.70. The van der Waals surface area contributed by atoms with Gasteiger partial charge in [0.25, 0.3) is 0 Å². The Labute approximate surface area is 128 Å². The third-order valence-electron chi connectivity index (χ3n) is 3.44. The van der Waals surface area contributed by atoms with E-state index >= 15 is 0 Å². The first-order chi connectivity index (χ1) is 10.8. The summed E-state index contributed by atoms with van der Waals surface area (Å²) >= 11 is 0. The molecule has 0 saturated carbocycles. The predicted octanol–water partition coefficient (Wildman–Crippen LogP) is 2.26. The van der Waals surface area contributed by atoms with Gasteiger partial charge in [0.1, 0.15) is 5.92 Å². The molecule has 1 fully saturated rings. The number of ether oxygens (including phenoxy) is 2. The molecular formula is C16H17N3O3. The van der Waals surface area contributed by atoms with Crippen molar-refractivity contribution in [1.82, 2.24) is 10.2 Å². The van der Waals surface area contributed by atoms with Crippen LogP contribution in [-0.4, -0.2) is 35.1 Å². The molecule has 2 heterocycles. The maximum Gasteiger partial charge on any atom is 0.314 e. The summed E-state index contributed by atoms with van der Waals surface area (Å²) in [7, 11) is 0. The molecule has 22 heavy (non-hydrogen) atoms. The van der Waals surface area contributed by atoms with Crippen LogP contribution in [0.25, 0.3) is 0 Å². The van der Waals surface area contributed by atoms with Crippen LogP contribution in [0.3, 0.4) is 0 Å². The second-order valence-electron chi connectivity index (χ2n) is 5.02. The summed E-state index contributed by atoms with van der Waals surface area (Å²) in [6.45, 7) is 1.19. The van der Waals surface area contributed by atoms with Crippen molar-refractivity contribution >= 4 is 17.5 Å². The zero-order valence-corrected chi connectivity index (χ0v) is 12.1. The van der Waals surface area contributed by atoms with E-state index in [1.807, 2.05) is 30.3 Å². The molecule has 1 saturated heterocycles. The van der Waals surface area contributed by atoms with Crippen molar-refractivity contribution in [3.8, 4) is 0 Å². The highest BCUT2D eigenvalue weighted by molar-refractivity contribution is 6.04. The smallest absolute Gasteiger partial charge is 0.314 e. The van der Waals surface area contributed by atoms with Crippen LogP contribution >= 0.6 is 0 Å². The molecule has 2 aromatic rings. The van der Waals surface area contributed by atoms with Crippen molar-refractivity contribution in [2.75, 3.05) is 13.2 Å². The summed E-state index contributed by atoms with van der Waals surface area (Å²) in [6, 6.07) is 11.6. The van der Waals surface area contributed by atoms with Crippen molar-refractivity contribution in [2.45, 2.75) is 13.0 Å². The van der Waals surface area contributed by atoms with Gasteiger partial charge < -0.3 is 9.47 Å². The van der Waals surface area contributed by atoms with E-state index in [-0.39, 0.29) is 18.5 Å². The van der Waals surface area contributed by atoms with Gasteiger partial charge in [-0.2, -0.15) is 5.10 Å². The van der Waals surface area contributed by atoms with E-state index in [1.165, 1.54) is 0 Å². The number of nitrogens with one attached hydrogen (secondary N) is 1. The van der Waals surface area contributed by atoms with Gasteiger partial charge in [-0.25, -0.2) is 4.99 Å². The van der Waals surface area contributed by atoms with Gasteiger partial charge in [0.05, 0.1) is 25.5 Å². The number of aromatic nitrogens is 2. The van der Waals surface area contributed by atoms with Crippen molar-refractivity contribution < 1.29 is 14.3 Å². The highest BCUT2D eigenvalue weighted by atomic mass is 16.5. The molecule has 0 radical (unpaired) electrons. The van der Waals surface area contributed by atoms with Crippen LogP contribution in [-0.2, 0) is 20.9 Å². The Balaban J connectivity index is 1.67. The molecule has 1 aromatic heterocycles. The lowest BCUT2D eigenvalue weighted by Gasteiger charge is -2.11. The Morgan fingerprint density at radius 3 is 2.91 bits per heavy atom. The minimum atomic E-state index is -0.340. The summed E-state index contributed by atoms with van der Waals surface area (Å²) in [6.07, 6.45) is 2.32. The lowest BCUT2D eigenvalue weighted by molar-refractivity contribution is -0.139. The minimum absolute atomic E-state index is 0.238. The van der Waals surface area contributed by atoms with Gasteiger partial charge in [0.2, 0.25) is 0 Å². The first-order valence-electron chi connectivity index (χ1n) is 7.18. The molecule has 3 rings (SSSR count). The van der Waals surface area contributed by atoms with E-state index in [2.05, 4.69) is 15.2 Å². The number of nitrogens with zero attached hydrogens (tertiary/aromatic N) is 2. The first kappa shape index (κ1) is 14.5. The predicted molar refractivity (Wildman–Crippen MR) is 80.8 cm³/mol. The van der Waals surface area contributed by atoms with E-state index < -0.39 is 0 Å². The lowest BCUT2D eigenvalue weighted by atomic mass is 10.0. The largest absolute Gasteiger partial charge is 0.465 e. The summed E-state index contributed by atoms with van der Waals surface area (Å²) in [5.41, 5.74) is 1.74. The van der Waals surface area contributed by atoms with Crippen LogP contribution in [0.1, 0.15) is 12.0 Å². The fraction of sp³-hybridized carbons (Fsp3) is 0.312. The maximum atomic E-state index is 11.8. The molecule has 1 N–H and O–H groups in total. The molecule has 0 spiro atoms. The Bertz CT molecular complexity index is 638. The van der Waals surface area contributed by atoms with Gasteiger partial charge in [0, 0.05) is 18.7 Å². The van der Waals surface area contributed by atoms with Crippen molar-refractivity contribution in [3.63, 3.8) is 0 Å². The Morgan fingerprint density at radius 1 is 1.36 bits per heavy atom. The quantitative estimate of drug-likeness (QED) is 0.655. The number of carbonyl (C=O) groups is 1. The normalized spacial score (nSPS) is 18.5. The number of benzene rings is 1. The van der Waals surface area contributed by atoms with Crippen molar-refractivity contribution in [2.24, 2.45) is 10.9 Å². The minimum Gasteiger partial charge on any atom is -0.465 e. The molecule has 1 aromatic carbocycles. The van der Waals surface area contributed by atoms with Gasteiger partial charge in [-0.05, 0) is 5.56 Å². The second-order valence-corrected chi connectivity index (χ2v) is 5.02. The molecule has 1 unspecified atom stereocenters. The van der Waals surface area contributed by atoms with Crippen LogP contribution in [0.15, 0.2) is 47.6 Å². The van der Waals surface area contributed by atoms with Gasteiger partial charge in [-0.15, -0.1) is 0 Å². The van der Waals surface area contributed by atoms with Gasteiger partial charge in [-0.3, -0.25) is 9.89 Å². The molecule has 114 valence electrons. The summed E-state index contributed by atoms with van der Waals surface area (Å²) < 4.78 is 10.7. The van der Waals surface area contributed by atoms with E-state index in [1.54, 1.807) is 12.3 Å². The number of hydrogen-bond acceptors (Lipinski definition) is 5. The summed E-state index contributed by atoms with van der Waals surface area (Å²) in [4.78, 5) is 16.2. The number of carbonyl (C=O) groups excluding carboxylic acids is 1. The Morgan fingerprint density at radius 2 is 2.23 bits per heavy atom. The van der Waals surface area contributed by atoms with Crippen LogP contribution < -0.4 is 0 Å². The molecule has 1 aliphatic heterocycles. The van der Waals surface area contributed by atoms with Crippen LogP contribution in [0, 0.1) is 5.92 Å². The van der Waals surface area contributed by atoms with Gasteiger partial charge in [0.15, 0.2) is 5.82 Å². The first-order valence-corrected chi connectivity index (χ1v) is 7.18. The highest BCUT2D eigenvalue weighted by Gasteiger charge is 2.31. The van der Waals surface area contributed by atoms with Crippen LogP contribution in [0.2, 0.25) is 0 Å². The van der Waals surface area contributed by atoms with Crippen LogP contribution in [0.5, 0.6) is 0 Å².